The smallest absolute Gasteiger partial charge is 0.166 e. The number of nitrogens with two attached hydrogens (primary N) is 3. The fourth-order valence-electron chi connectivity index (χ4n) is 1.98. The highest BCUT2D eigenvalue weighted by Crippen LogP contribution is 2.21. The summed E-state index contributed by atoms with van der Waals surface area (Å²) >= 11 is 1.49. The van der Waals surface area contributed by atoms with Gasteiger partial charge in [-0.1, -0.05) is 20.8 Å². The average molecular weight is 505 g/mol. The molecule has 0 aliphatic heterocycles. The maximum absolute atomic E-state index is 10.1. The third-order valence-electron chi connectivity index (χ3n) is 3.94. The Morgan fingerprint density at radius 1 is 1.06 bits per heavy atom. The van der Waals surface area contributed by atoms with E-state index in [2.05, 4.69) is 15.6 Å². The van der Waals surface area contributed by atoms with Crippen molar-refractivity contribution < 1.29 is 14.7 Å². The predicted molar refractivity (Wildman–Crippen MR) is 149 cm³/mol. The number of hydrogen-bond acceptors (Lipinski definition) is 10. The Kier molecular flexibility index (Phi) is 19.4. The van der Waals surface area contributed by atoms with Gasteiger partial charge in [0.05, 0.1) is 17.6 Å². The Balaban J connectivity index is 0. The minimum absolute atomic E-state index is 0.238. The number of rotatable bonds is 7. The number of aromatic nitrogens is 1. The van der Waals surface area contributed by atoms with Crippen molar-refractivity contribution in [3.05, 3.63) is 77.3 Å². The first-order valence-corrected chi connectivity index (χ1v) is 11.7. The molecule has 0 atom stereocenters. The van der Waals surface area contributed by atoms with E-state index in [4.69, 9.17) is 22.0 Å². The maximum Gasteiger partial charge on any atom is 0.166 e. The molecule has 0 radical (unpaired) electrons. The molecular formula is C25H40N6O3S. The van der Waals surface area contributed by atoms with Crippen molar-refractivity contribution in [2.24, 2.45) is 22.6 Å². The highest BCUT2D eigenvalue weighted by atomic mass is 32.2. The summed E-state index contributed by atoms with van der Waals surface area (Å²) in [6, 6.07) is 12.0. The number of carbonyl (C=O) groups is 2. The molecule has 9 nitrogen and oxygen atoms in total. The zero-order chi connectivity index (χ0) is 27.3. The van der Waals surface area contributed by atoms with Gasteiger partial charge in [-0.25, -0.2) is 0 Å². The van der Waals surface area contributed by atoms with Gasteiger partial charge in [0.1, 0.15) is 6.79 Å². The van der Waals surface area contributed by atoms with Crippen LogP contribution in [0.5, 0.6) is 0 Å². The number of nitrogens with zero attached hydrogens (tertiary/aromatic N) is 1. The van der Waals surface area contributed by atoms with Crippen LogP contribution < -0.4 is 27.8 Å². The minimum atomic E-state index is -0.570. The van der Waals surface area contributed by atoms with Gasteiger partial charge in [0, 0.05) is 49.0 Å². The topological polar surface area (TPSA) is 169 Å². The largest absolute Gasteiger partial charge is 0.512 e. The van der Waals surface area contributed by atoms with Crippen molar-refractivity contribution >= 4 is 36.2 Å². The highest BCUT2D eigenvalue weighted by Gasteiger charge is 2.15. The molecule has 194 valence electrons. The lowest BCUT2D eigenvalue weighted by molar-refractivity contribution is -0.105. The fraction of sp³-hybridized carbons (Fsp3) is 0.320. The third-order valence-corrected chi connectivity index (χ3v) is 4.87. The lowest BCUT2D eigenvalue weighted by Crippen LogP contribution is -2.29. The van der Waals surface area contributed by atoms with Crippen molar-refractivity contribution in [1.29, 1.82) is 0 Å². The average Bonchev–Trinajstić information content (AvgIpc) is 2.85. The van der Waals surface area contributed by atoms with E-state index in [1.165, 1.54) is 17.8 Å². The first-order valence-electron chi connectivity index (χ1n) is 10.6. The van der Waals surface area contributed by atoms with E-state index in [9.17, 15) is 9.90 Å². The number of carbonyl (C=O) groups excluding carboxylic acids is 2. The first kappa shape index (κ1) is 33.8. The van der Waals surface area contributed by atoms with Gasteiger partial charge in [0.25, 0.3) is 0 Å². The molecular weight excluding hydrogens is 464 g/mol. The summed E-state index contributed by atoms with van der Waals surface area (Å²) in [5.74, 6) is 1.04. The molecule has 0 spiro atoms. The van der Waals surface area contributed by atoms with Gasteiger partial charge < -0.3 is 37.7 Å². The standard InChI is InChI=1S/C9H10N2OS.C8H12N2.C7H16N2O.CH2O/c10-9(5-12)7-13-6-8-1-3-11-4-2-8;1-9-7-3-5-8(10-2)6-4-7;1-7(2,3)5(10)4-6(8)9;1-2/h1-5,7H,6,10H2;3-6,9-10H,1-2H3;4,6,10H,8-9H2,1-3H3;1H2/b9-7-;;5-4-;. The van der Waals surface area contributed by atoms with Crippen LogP contribution in [0.15, 0.2) is 71.7 Å². The second kappa shape index (κ2) is 20.1. The van der Waals surface area contributed by atoms with Crippen molar-refractivity contribution in [3.63, 3.8) is 0 Å². The molecule has 2 aromatic rings. The molecule has 35 heavy (non-hydrogen) atoms. The van der Waals surface area contributed by atoms with E-state index in [0.29, 0.717) is 6.29 Å². The van der Waals surface area contributed by atoms with Crippen molar-refractivity contribution in [1.82, 2.24) is 4.98 Å². The van der Waals surface area contributed by atoms with Crippen molar-refractivity contribution in [2.45, 2.75) is 32.7 Å². The van der Waals surface area contributed by atoms with Crippen LogP contribution in [0.3, 0.4) is 0 Å². The van der Waals surface area contributed by atoms with E-state index in [-0.39, 0.29) is 16.9 Å². The molecule has 2 rings (SSSR count). The van der Waals surface area contributed by atoms with Crippen molar-refractivity contribution in [3.8, 4) is 0 Å². The summed E-state index contributed by atoms with van der Waals surface area (Å²) in [6.07, 6.45) is 4.99. The summed E-state index contributed by atoms with van der Waals surface area (Å²) < 4.78 is 0. The fourth-order valence-corrected chi connectivity index (χ4v) is 2.69. The molecule has 10 heteroatoms. The quantitative estimate of drug-likeness (QED) is 0.142. The van der Waals surface area contributed by atoms with Gasteiger partial charge >= 0.3 is 0 Å². The van der Waals surface area contributed by atoms with Gasteiger partial charge in [-0.15, -0.1) is 11.8 Å². The molecule has 0 bridgehead atoms. The van der Waals surface area contributed by atoms with Crippen LogP contribution in [-0.4, -0.2) is 43.4 Å². The van der Waals surface area contributed by atoms with Crippen LogP contribution in [0.2, 0.25) is 0 Å². The Hall–Kier alpha value is -3.34. The number of hydrogen-bond donors (Lipinski definition) is 6. The summed E-state index contributed by atoms with van der Waals surface area (Å²) in [5, 5.41) is 17.0. The lowest BCUT2D eigenvalue weighted by atomic mass is 9.93. The summed E-state index contributed by atoms with van der Waals surface area (Å²) in [4.78, 5) is 22.0. The molecule has 0 saturated heterocycles. The van der Waals surface area contributed by atoms with E-state index in [0.717, 1.165) is 22.7 Å². The van der Waals surface area contributed by atoms with E-state index < -0.39 is 6.17 Å². The Morgan fingerprint density at radius 2 is 1.51 bits per heavy atom. The van der Waals surface area contributed by atoms with Crippen LogP contribution in [0.4, 0.5) is 11.4 Å². The van der Waals surface area contributed by atoms with Gasteiger partial charge in [-0.05, 0) is 53.4 Å². The van der Waals surface area contributed by atoms with Gasteiger partial charge in [-0.3, -0.25) is 9.78 Å². The Bertz CT molecular complexity index is 844. The molecule has 0 saturated carbocycles. The number of benzene rings is 1. The zero-order valence-electron chi connectivity index (χ0n) is 21.2. The van der Waals surface area contributed by atoms with Crippen LogP contribution in [0, 0.1) is 5.41 Å². The zero-order valence-corrected chi connectivity index (χ0v) is 22.0. The van der Waals surface area contributed by atoms with Gasteiger partial charge in [0.2, 0.25) is 0 Å². The van der Waals surface area contributed by atoms with E-state index >= 15 is 0 Å². The number of allylic oxidation sites excluding steroid dienone is 2. The van der Waals surface area contributed by atoms with Gasteiger partial charge in [-0.2, -0.15) is 0 Å². The molecule has 0 aliphatic carbocycles. The van der Waals surface area contributed by atoms with Gasteiger partial charge in [0.15, 0.2) is 6.29 Å². The Morgan fingerprint density at radius 3 is 1.83 bits per heavy atom. The third kappa shape index (κ3) is 18.7. The number of aliphatic hydroxyl groups excluding tert-OH is 1. The summed E-state index contributed by atoms with van der Waals surface area (Å²) in [6.45, 7) is 7.67. The number of aliphatic hydroxyl groups is 1. The number of pyridine rings is 1. The van der Waals surface area contributed by atoms with Crippen LogP contribution >= 0.6 is 11.8 Å². The number of nitrogens with one attached hydrogen (secondary N) is 2. The molecule has 1 heterocycles. The predicted octanol–water partition coefficient (Wildman–Crippen LogP) is 3.62. The molecule has 0 aliphatic rings. The molecule has 0 unspecified atom stereocenters. The number of anilines is 2. The highest BCUT2D eigenvalue weighted by molar-refractivity contribution is 8.01. The second-order valence-corrected chi connectivity index (χ2v) is 8.72. The minimum Gasteiger partial charge on any atom is -0.512 e. The summed E-state index contributed by atoms with van der Waals surface area (Å²) in [7, 11) is 3.82. The molecule has 0 fully saturated rings. The van der Waals surface area contributed by atoms with E-state index in [1.807, 2.05) is 78.1 Å². The number of thioether (sulfide) groups is 1. The SMILES string of the molecule is C=O.CC(C)(C)/C(O)=C/C(N)N.CNc1ccc(NC)cc1.N/C(C=O)=C\SCc1ccncc1. The normalized spacial score (nSPS) is 11.0. The van der Waals surface area contributed by atoms with Crippen LogP contribution in [0.1, 0.15) is 26.3 Å². The molecule has 0 amide bonds. The first-order chi connectivity index (χ1) is 16.5. The maximum atomic E-state index is 10.1. The van der Waals surface area contributed by atoms with Crippen LogP contribution in [0.25, 0.3) is 0 Å². The van der Waals surface area contributed by atoms with E-state index in [1.54, 1.807) is 17.8 Å². The molecule has 1 aromatic heterocycles. The molecule has 1 aromatic carbocycles. The van der Waals surface area contributed by atoms with Crippen molar-refractivity contribution in [2.75, 3.05) is 24.7 Å². The monoisotopic (exact) mass is 504 g/mol. The van der Waals surface area contributed by atoms with Crippen LogP contribution in [-0.2, 0) is 15.3 Å². The Labute approximate surface area is 213 Å². The second-order valence-electron chi connectivity index (χ2n) is 7.86. The summed E-state index contributed by atoms with van der Waals surface area (Å²) in [5.41, 5.74) is 19.2. The molecule has 9 N–H and O–H groups in total. The number of aldehydes is 1. The lowest BCUT2D eigenvalue weighted by Gasteiger charge is -2.17.